The maximum Gasteiger partial charge on any atom is 0.368 e. The summed E-state index contributed by atoms with van der Waals surface area (Å²) >= 11 is 0. The van der Waals surface area contributed by atoms with Gasteiger partial charge in [-0.3, -0.25) is 0 Å². The van der Waals surface area contributed by atoms with Crippen molar-refractivity contribution in [3.8, 4) is 11.8 Å². The summed E-state index contributed by atoms with van der Waals surface area (Å²) < 4.78 is 32.6. The maximum atomic E-state index is 14.9. The van der Waals surface area contributed by atoms with Crippen molar-refractivity contribution in [2.24, 2.45) is 0 Å². The monoisotopic (exact) mass is 302 g/mol. The fraction of sp³-hybridized carbons (Fsp3) is 0.545. The predicted molar refractivity (Wildman–Crippen MR) is 65.3 cm³/mol. The van der Waals surface area contributed by atoms with E-state index in [1.54, 1.807) is 0 Å². The molecule has 0 spiro atoms. The van der Waals surface area contributed by atoms with Gasteiger partial charge in [0.15, 0.2) is 0 Å². The van der Waals surface area contributed by atoms with Crippen LogP contribution in [0.15, 0.2) is 11.0 Å². The molecule has 2 heterocycles. The Bertz CT molecular complexity index is 643. The largest absolute Gasteiger partial charge is 0.394 e. The van der Waals surface area contributed by atoms with Gasteiger partial charge in [-0.15, -0.1) is 0 Å². The molecule has 1 fully saturated rings. The summed E-state index contributed by atoms with van der Waals surface area (Å²) in [5.41, 5.74) is 1.41. The lowest BCUT2D eigenvalue weighted by atomic mass is 9.97. The predicted octanol–water partition coefficient (Wildman–Crippen LogP) is -1.85. The lowest BCUT2D eigenvalue weighted by molar-refractivity contribution is -0.0610. The lowest BCUT2D eigenvalue weighted by Gasteiger charge is -2.22. The number of halogens is 2. The fourth-order valence-electron chi connectivity index (χ4n) is 1.96. The Hall–Kier alpha value is -2.09. The van der Waals surface area contributed by atoms with Gasteiger partial charge < -0.3 is 20.7 Å². The molecule has 0 aromatic carbocycles. The van der Waals surface area contributed by atoms with Gasteiger partial charge in [0.2, 0.25) is 11.9 Å². The zero-order valence-corrected chi connectivity index (χ0v) is 10.6. The minimum atomic E-state index is -2.83. The maximum absolute atomic E-state index is 14.9. The van der Waals surface area contributed by atoms with Crippen LogP contribution < -0.4 is 11.4 Å². The number of nitrogens with two attached hydrogens (primary N) is 1. The van der Waals surface area contributed by atoms with Gasteiger partial charge in [0.25, 0.3) is 0 Å². The molecule has 1 aliphatic heterocycles. The Morgan fingerprint density at radius 2 is 2.33 bits per heavy atom. The first-order chi connectivity index (χ1) is 9.93. The van der Waals surface area contributed by atoms with E-state index < -0.39 is 43.1 Å². The fourth-order valence-corrected chi connectivity index (χ4v) is 1.96. The van der Waals surface area contributed by atoms with Crippen LogP contribution in [0.4, 0.5) is 14.6 Å². The average Bonchev–Trinajstić information content (AvgIpc) is 2.70. The second-order valence-electron chi connectivity index (χ2n) is 4.27. The number of nitrogen functional groups attached to an aromatic ring is 1. The number of aromatic nitrogens is 3. The van der Waals surface area contributed by atoms with Gasteiger partial charge in [0.1, 0.15) is 24.7 Å². The average molecular weight is 302 g/mol. The first kappa shape index (κ1) is 15.3. The summed E-state index contributed by atoms with van der Waals surface area (Å²) in [6.07, 6.45) is -4.05. The summed E-state index contributed by atoms with van der Waals surface area (Å²) in [6.45, 7) is -1.88. The number of nitrogens with zero attached hydrogens (tertiary/aromatic N) is 3. The standard InChI is InChI=1S/C11H12F2N4O4/c12-3-1-2-11(13)8(19)6(5-18)21-9(11)17-10(20)16-7(14)4-15-17/h4,6,8-9,18-19H,3,5H2,(H2,14,16,20)/t6-,8?,9-,11-/m1/s1. The molecule has 0 saturated carbocycles. The molecule has 0 amide bonds. The zero-order chi connectivity index (χ0) is 15.6. The SMILES string of the molecule is Nc1cnn([C@@H]2O[C@H](CO)C(O)[C@]2(F)C#CCF)c(=O)n1. The Morgan fingerprint density at radius 1 is 1.62 bits per heavy atom. The highest BCUT2D eigenvalue weighted by atomic mass is 19.1. The van der Waals surface area contributed by atoms with Gasteiger partial charge in [-0.1, -0.05) is 11.8 Å². The van der Waals surface area contributed by atoms with Crippen molar-refractivity contribution in [1.29, 1.82) is 0 Å². The van der Waals surface area contributed by atoms with Crippen LogP contribution in [0.2, 0.25) is 0 Å². The summed E-state index contributed by atoms with van der Waals surface area (Å²) in [4.78, 5) is 15.0. The topological polar surface area (TPSA) is 123 Å². The van der Waals surface area contributed by atoms with E-state index in [1.807, 2.05) is 11.8 Å². The number of rotatable bonds is 2. The highest BCUT2D eigenvalue weighted by molar-refractivity contribution is 5.24. The van der Waals surface area contributed by atoms with Crippen molar-refractivity contribution in [2.45, 2.75) is 24.1 Å². The highest BCUT2D eigenvalue weighted by Gasteiger charge is 2.58. The third kappa shape index (κ3) is 2.58. The molecule has 1 aliphatic rings. The van der Waals surface area contributed by atoms with Crippen molar-refractivity contribution in [3.63, 3.8) is 0 Å². The summed E-state index contributed by atoms with van der Waals surface area (Å²) in [7, 11) is 0. The van der Waals surface area contributed by atoms with E-state index in [0.717, 1.165) is 6.20 Å². The Balaban J connectivity index is 2.51. The molecule has 2 rings (SSSR count). The number of alkyl halides is 2. The van der Waals surface area contributed by atoms with E-state index in [9.17, 15) is 18.7 Å². The van der Waals surface area contributed by atoms with Gasteiger partial charge in [0, 0.05) is 0 Å². The van der Waals surface area contributed by atoms with Crippen molar-refractivity contribution in [1.82, 2.24) is 14.8 Å². The number of ether oxygens (including phenoxy) is 1. The molecule has 4 N–H and O–H groups in total. The van der Waals surface area contributed by atoms with E-state index in [0.29, 0.717) is 4.68 Å². The molecule has 1 saturated heterocycles. The van der Waals surface area contributed by atoms with Crippen LogP contribution in [-0.4, -0.2) is 56.1 Å². The summed E-state index contributed by atoms with van der Waals surface area (Å²) in [6, 6.07) is 0. The Kier molecular flexibility index (Phi) is 4.17. The van der Waals surface area contributed by atoms with Crippen molar-refractivity contribution in [2.75, 3.05) is 19.0 Å². The van der Waals surface area contributed by atoms with Crippen LogP contribution in [0.1, 0.15) is 6.23 Å². The number of aliphatic hydroxyl groups excluding tert-OH is 2. The van der Waals surface area contributed by atoms with Crippen LogP contribution in [0, 0.1) is 11.8 Å². The minimum Gasteiger partial charge on any atom is -0.394 e. The molecule has 21 heavy (non-hydrogen) atoms. The first-order valence-corrected chi connectivity index (χ1v) is 5.84. The molecule has 1 aromatic rings. The van der Waals surface area contributed by atoms with Crippen molar-refractivity contribution < 1.29 is 23.7 Å². The number of aliphatic hydroxyl groups is 2. The van der Waals surface area contributed by atoms with E-state index in [4.69, 9.17) is 15.6 Å². The van der Waals surface area contributed by atoms with Crippen molar-refractivity contribution in [3.05, 3.63) is 16.7 Å². The zero-order valence-electron chi connectivity index (χ0n) is 10.6. The molecule has 0 bridgehead atoms. The summed E-state index contributed by atoms with van der Waals surface area (Å²) in [5, 5.41) is 22.5. The highest BCUT2D eigenvalue weighted by Crippen LogP contribution is 2.40. The molecule has 0 aliphatic carbocycles. The molecule has 4 atom stereocenters. The van der Waals surface area contributed by atoms with Gasteiger partial charge in [-0.2, -0.15) is 14.8 Å². The van der Waals surface area contributed by atoms with Gasteiger partial charge >= 0.3 is 5.69 Å². The van der Waals surface area contributed by atoms with Gasteiger partial charge in [0.05, 0.1) is 12.8 Å². The number of hydrogen-bond acceptors (Lipinski definition) is 7. The Labute approximate surface area is 117 Å². The molecule has 0 radical (unpaired) electrons. The minimum absolute atomic E-state index is 0.187. The van der Waals surface area contributed by atoms with Crippen LogP contribution in [0.3, 0.4) is 0 Å². The molecule has 8 nitrogen and oxygen atoms in total. The normalized spacial score (nSPS) is 31.7. The van der Waals surface area contributed by atoms with E-state index >= 15 is 0 Å². The van der Waals surface area contributed by atoms with Gasteiger partial charge in [-0.05, 0) is 0 Å². The van der Waals surface area contributed by atoms with Gasteiger partial charge in [-0.25, -0.2) is 13.6 Å². The quantitative estimate of drug-likeness (QED) is 0.548. The second kappa shape index (κ2) is 5.72. The molecule has 1 aromatic heterocycles. The smallest absolute Gasteiger partial charge is 0.368 e. The number of anilines is 1. The molecule has 114 valence electrons. The second-order valence-corrected chi connectivity index (χ2v) is 4.27. The van der Waals surface area contributed by atoms with Crippen LogP contribution in [-0.2, 0) is 4.74 Å². The Morgan fingerprint density at radius 3 is 2.90 bits per heavy atom. The number of hydrogen-bond donors (Lipinski definition) is 3. The van der Waals surface area contributed by atoms with Crippen molar-refractivity contribution >= 4 is 5.82 Å². The first-order valence-electron chi connectivity index (χ1n) is 5.84. The molecule has 1 unspecified atom stereocenters. The van der Waals surface area contributed by atoms with Crippen LogP contribution in [0.25, 0.3) is 0 Å². The third-order valence-electron chi connectivity index (χ3n) is 2.93. The van der Waals surface area contributed by atoms with E-state index in [1.165, 1.54) is 0 Å². The lowest BCUT2D eigenvalue weighted by Crippen LogP contribution is -2.45. The third-order valence-corrected chi connectivity index (χ3v) is 2.93. The summed E-state index contributed by atoms with van der Waals surface area (Å²) in [5.74, 6) is 3.52. The van der Waals surface area contributed by atoms with Crippen LogP contribution >= 0.6 is 0 Å². The van der Waals surface area contributed by atoms with E-state index in [-0.39, 0.29) is 5.82 Å². The molecule has 10 heteroatoms. The molecular formula is C11H12F2N4O4. The van der Waals surface area contributed by atoms with Crippen LogP contribution in [0.5, 0.6) is 0 Å². The molecular weight excluding hydrogens is 290 g/mol. The van der Waals surface area contributed by atoms with E-state index in [2.05, 4.69) is 10.1 Å².